The number of nitrogens with one attached hydrogen (secondary N) is 1. The van der Waals surface area contributed by atoms with Gasteiger partial charge in [-0.15, -0.1) is 14.6 Å². The van der Waals surface area contributed by atoms with Crippen LogP contribution in [0.25, 0.3) is 0 Å². The number of nitrogens with zero attached hydrogens (tertiary/aromatic N) is 4. The number of aliphatic hydroxyl groups excluding tert-OH is 2. The predicted octanol–water partition coefficient (Wildman–Crippen LogP) is 0.819. The van der Waals surface area contributed by atoms with Crippen LogP contribution in [0.4, 0.5) is 5.82 Å². The van der Waals surface area contributed by atoms with E-state index in [1.165, 1.54) is 0 Å². The normalized spacial score (nSPS) is 29.1. The Bertz CT molecular complexity index is 753. The lowest BCUT2D eigenvalue weighted by Crippen LogP contribution is -2.62. The van der Waals surface area contributed by atoms with Crippen molar-refractivity contribution in [2.24, 2.45) is 0 Å². The fourth-order valence-corrected chi connectivity index (χ4v) is 5.03. The van der Waals surface area contributed by atoms with Crippen LogP contribution >= 0.6 is 11.7 Å². The molecular formula is C20H36N5O5S. The molecule has 1 aromatic rings. The Hall–Kier alpha value is -1.08. The van der Waals surface area contributed by atoms with Gasteiger partial charge in [0.1, 0.15) is 18.8 Å². The summed E-state index contributed by atoms with van der Waals surface area (Å²) in [6.45, 7) is 14.2. The highest BCUT2D eigenvalue weighted by Crippen LogP contribution is 2.48. The zero-order valence-electron chi connectivity index (χ0n) is 19.5. The van der Waals surface area contributed by atoms with E-state index < -0.39 is 29.4 Å². The van der Waals surface area contributed by atoms with Gasteiger partial charge in [-0.05, 0) is 48.5 Å². The van der Waals surface area contributed by atoms with Crippen molar-refractivity contribution in [2.75, 3.05) is 31.2 Å². The molecule has 0 aromatic carbocycles. The molecular weight excluding hydrogens is 422 g/mol. The molecule has 3 heterocycles. The number of aliphatic hydroxyl groups is 2. The summed E-state index contributed by atoms with van der Waals surface area (Å²) in [4.78, 5) is 1.98. The summed E-state index contributed by atoms with van der Waals surface area (Å²) in [7, 11) is 0. The van der Waals surface area contributed by atoms with E-state index in [0.717, 1.165) is 16.8 Å². The Morgan fingerprint density at radius 2 is 1.97 bits per heavy atom. The Balaban J connectivity index is 1.81. The van der Waals surface area contributed by atoms with Crippen LogP contribution in [0.3, 0.4) is 0 Å². The number of hydrogen-bond donors (Lipinski definition) is 3. The SMILES string of the molecule is CC(C)(C)NC[C@H](O)COc1nsnc1N1CC(CO)OC2C1C(C)(C)N([O])C2(C)C. The average Bonchev–Trinajstić information content (AvgIpc) is 3.21. The van der Waals surface area contributed by atoms with Crippen LogP contribution in [0.15, 0.2) is 0 Å². The number of anilines is 1. The van der Waals surface area contributed by atoms with Crippen LogP contribution in [0.1, 0.15) is 48.5 Å². The first-order valence-corrected chi connectivity index (χ1v) is 11.4. The number of rotatable bonds is 7. The zero-order valence-corrected chi connectivity index (χ0v) is 20.3. The van der Waals surface area contributed by atoms with Gasteiger partial charge >= 0.3 is 0 Å². The number of ether oxygens (including phenoxy) is 2. The second-order valence-corrected chi connectivity index (χ2v) is 11.1. The molecule has 3 rings (SSSR count). The lowest BCUT2D eigenvalue weighted by Gasteiger charge is -2.46. The van der Waals surface area contributed by atoms with Gasteiger partial charge in [-0.1, -0.05) is 0 Å². The summed E-state index contributed by atoms with van der Waals surface area (Å²) in [6.07, 6.45) is -1.60. The fraction of sp³-hybridized carbons (Fsp3) is 0.900. The first-order chi connectivity index (χ1) is 14.3. The fourth-order valence-electron chi connectivity index (χ4n) is 4.52. The van der Waals surface area contributed by atoms with Crippen molar-refractivity contribution < 1.29 is 24.9 Å². The molecule has 0 amide bonds. The summed E-state index contributed by atoms with van der Waals surface area (Å²) in [6, 6.07) is -0.304. The summed E-state index contributed by atoms with van der Waals surface area (Å²) in [5, 5.41) is 37.5. The summed E-state index contributed by atoms with van der Waals surface area (Å²) < 4.78 is 20.7. The lowest BCUT2D eigenvalue weighted by atomic mass is 9.88. The maximum atomic E-state index is 13.1. The number of aromatic nitrogens is 2. The van der Waals surface area contributed by atoms with Gasteiger partial charge in [-0.25, -0.2) is 0 Å². The van der Waals surface area contributed by atoms with Gasteiger partial charge in [0, 0.05) is 18.6 Å². The van der Waals surface area contributed by atoms with Crippen molar-refractivity contribution in [1.82, 2.24) is 19.1 Å². The molecule has 2 aliphatic rings. The van der Waals surface area contributed by atoms with Gasteiger partial charge in [0.15, 0.2) is 0 Å². The minimum Gasteiger partial charge on any atom is -0.472 e. The van der Waals surface area contributed by atoms with E-state index in [9.17, 15) is 15.4 Å². The minimum atomic E-state index is -0.778. The highest BCUT2D eigenvalue weighted by atomic mass is 32.1. The van der Waals surface area contributed by atoms with Crippen LogP contribution < -0.4 is 15.0 Å². The van der Waals surface area contributed by atoms with Gasteiger partial charge in [-0.3, -0.25) is 0 Å². The molecule has 11 heteroatoms. The standard InChI is InChI=1S/C20H36N5O5S/c1-18(2,3)21-8-12(27)11-29-17-16(22-31-23-17)24-9-13(10-26)30-15-14(24)19(4,5)25(28)20(15,6)7/h12-15,21,26-27H,8-11H2,1-7H3/t12-,13?,14?,15?/m0/s1. The van der Waals surface area contributed by atoms with E-state index in [-0.39, 0.29) is 24.8 Å². The van der Waals surface area contributed by atoms with Crippen molar-refractivity contribution in [3.63, 3.8) is 0 Å². The highest BCUT2D eigenvalue weighted by Gasteiger charge is 2.64. The van der Waals surface area contributed by atoms with E-state index in [1.807, 2.05) is 53.4 Å². The third-order valence-electron chi connectivity index (χ3n) is 6.03. The van der Waals surface area contributed by atoms with E-state index in [0.29, 0.717) is 24.8 Å². The maximum absolute atomic E-state index is 13.1. The van der Waals surface area contributed by atoms with Gasteiger partial charge < -0.3 is 29.9 Å². The summed E-state index contributed by atoms with van der Waals surface area (Å²) >= 11 is 1.01. The van der Waals surface area contributed by atoms with Gasteiger partial charge in [-0.2, -0.15) is 4.37 Å². The monoisotopic (exact) mass is 458 g/mol. The molecule has 1 aromatic heterocycles. The van der Waals surface area contributed by atoms with Crippen molar-refractivity contribution >= 4 is 17.5 Å². The van der Waals surface area contributed by atoms with Crippen LogP contribution in [-0.2, 0) is 9.94 Å². The molecule has 4 atom stereocenters. The molecule has 1 radical (unpaired) electrons. The molecule has 2 aliphatic heterocycles. The molecule has 0 aliphatic carbocycles. The zero-order chi connectivity index (χ0) is 23.2. The second-order valence-electron chi connectivity index (χ2n) is 10.5. The van der Waals surface area contributed by atoms with Crippen molar-refractivity contribution in [1.29, 1.82) is 0 Å². The largest absolute Gasteiger partial charge is 0.472 e. The Morgan fingerprint density at radius 3 is 2.58 bits per heavy atom. The van der Waals surface area contributed by atoms with E-state index in [1.54, 1.807) is 0 Å². The third kappa shape index (κ3) is 4.82. The third-order valence-corrected chi connectivity index (χ3v) is 6.53. The van der Waals surface area contributed by atoms with Crippen LogP contribution in [-0.4, -0.2) is 91.3 Å². The van der Waals surface area contributed by atoms with Gasteiger partial charge in [0.05, 0.1) is 41.6 Å². The smallest absolute Gasteiger partial charge is 0.270 e. The summed E-state index contributed by atoms with van der Waals surface area (Å²) in [5.41, 5.74) is -1.65. The maximum Gasteiger partial charge on any atom is 0.270 e. The molecule has 3 unspecified atom stereocenters. The van der Waals surface area contributed by atoms with E-state index >= 15 is 0 Å². The number of β-amino-alcohol motifs (C(OH)–C–C–N with tert-alkyl or cyclic N) is 1. The Labute approximate surface area is 188 Å². The first-order valence-electron chi connectivity index (χ1n) is 10.7. The molecule has 0 saturated carbocycles. The predicted molar refractivity (Wildman–Crippen MR) is 117 cm³/mol. The van der Waals surface area contributed by atoms with Crippen LogP contribution in [0.2, 0.25) is 0 Å². The molecule has 2 fully saturated rings. The molecule has 0 bridgehead atoms. The number of morpholine rings is 1. The summed E-state index contributed by atoms with van der Waals surface area (Å²) in [5.74, 6) is 0.826. The van der Waals surface area contributed by atoms with Crippen molar-refractivity contribution in [3.05, 3.63) is 0 Å². The van der Waals surface area contributed by atoms with E-state index in [4.69, 9.17) is 9.47 Å². The molecule has 2 saturated heterocycles. The van der Waals surface area contributed by atoms with E-state index in [2.05, 4.69) is 14.1 Å². The quantitative estimate of drug-likeness (QED) is 0.545. The lowest BCUT2D eigenvalue weighted by molar-refractivity contribution is -0.254. The molecule has 31 heavy (non-hydrogen) atoms. The molecule has 0 spiro atoms. The molecule has 10 nitrogen and oxygen atoms in total. The number of hydrogen-bond acceptors (Lipinski definition) is 10. The number of fused-ring (bicyclic) bond motifs is 1. The molecule has 177 valence electrons. The second kappa shape index (κ2) is 8.69. The average molecular weight is 459 g/mol. The number of hydroxylamine groups is 2. The highest BCUT2D eigenvalue weighted by molar-refractivity contribution is 6.99. The van der Waals surface area contributed by atoms with Crippen molar-refractivity contribution in [2.45, 2.75) is 89.4 Å². The van der Waals surface area contributed by atoms with Gasteiger partial charge in [0.25, 0.3) is 5.88 Å². The molecule has 3 N–H and O–H groups in total. The Morgan fingerprint density at radius 1 is 1.29 bits per heavy atom. The minimum absolute atomic E-state index is 0.0614. The Kier molecular flexibility index (Phi) is 6.89. The van der Waals surface area contributed by atoms with Crippen LogP contribution in [0, 0.1) is 0 Å². The first kappa shape index (κ1) is 24.6. The topological polar surface area (TPSA) is 123 Å². The van der Waals surface area contributed by atoms with Crippen LogP contribution in [0.5, 0.6) is 5.88 Å². The van der Waals surface area contributed by atoms with Crippen molar-refractivity contribution in [3.8, 4) is 5.88 Å². The van der Waals surface area contributed by atoms with Gasteiger partial charge in [0.2, 0.25) is 5.82 Å².